The molecule has 2 heterocycles. The van der Waals surface area contributed by atoms with E-state index in [1.165, 1.54) is 4.57 Å². The molecule has 1 amide bonds. The van der Waals surface area contributed by atoms with Crippen LogP contribution in [0.1, 0.15) is 22.3 Å². The highest BCUT2D eigenvalue weighted by atomic mass is 32.2. The smallest absolute Gasteiger partial charge is 0.343 e. The molecular formula is C21H14F6N2O2S. The molecule has 2 aromatic carbocycles. The number of benzene rings is 2. The molecule has 0 bridgehead atoms. The summed E-state index contributed by atoms with van der Waals surface area (Å²) in [6.07, 6.45) is -8.17. The first-order valence-corrected chi connectivity index (χ1v) is 10.1. The second kappa shape index (κ2) is 7.88. The van der Waals surface area contributed by atoms with Gasteiger partial charge in [-0.05, 0) is 29.3 Å². The Balaban J connectivity index is 1.74. The molecule has 168 valence electrons. The lowest BCUT2D eigenvalue weighted by molar-refractivity contribution is -0.143. The highest BCUT2D eigenvalue weighted by Crippen LogP contribution is 2.38. The van der Waals surface area contributed by atoms with Crippen molar-refractivity contribution in [3.8, 4) is 0 Å². The summed E-state index contributed by atoms with van der Waals surface area (Å²) >= 11 is 0.558. The topological polar surface area (TPSA) is 51.1 Å². The predicted octanol–water partition coefficient (Wildman–Crippen LogP) is 5.62. The van der Waals surface area contributed by atoms with E-state index in [4.69, 9.17) is 0 Å². The maximum atomic E-state index is 13.5. The minimum atomic E-state index is -4.97. The van der Waals surface area contributed by atoms with Crippen LogP contribution in [0.4, 0.5) is 31.1 Å². The number of rotatable bonds is 4. The van der Waals surface area contributed by atoms with E-state index in [-0.39, 0.29) is 29.7 Å². The Kier molecular flexibility index (Phi) is 5.48. The van der Waals surface area contributed by atoms with Crippen LogP contribution in [0.5, 0.6) is 0 Å². The van der Waals surface area contributed by atoms with E-state index in [0.29, 0.717) is 34.3 Å². The molecule has 0 saturated carbocycles. The number of hydrogen-bond donors (Lipinski definition) is 1. The molecule has 1 aromatic heterocycles. The molecule has 1 atom stereocenters. The number of nitrogens with zero attached hydrogens (tertiary/aromatic N) is 1. The van der Waals surface area contributed by atoms with Gasteiger partial charge < -0.3 is 9.88 Å². The first-order valence-electron chi connectivity index (χ1n) is 9.30. The minimum Gasteiger partial charge on any atom is -0.343 e. The fourth-order valence-corrected chi connectivity index (χ4v) is 4.37. The van der Waals surface area contributed by atoms with Crippen LogP contribution in [0.15, 0.2) is 48.7 Å². The quantitative estimate of drug-likeness (QED) is 0.502. The Morgan fingerprint density at radius 3 is 2.28 bits per heavy atom. The molecule has 11 heteroatoms. The van der Waals surface area contributed by atoms with Crippen molar-refractivity contribution in [3.63, 3.8) is 0 Å². The van der Waals surface area contributed by atoms with Crippen molar-refractivity contribution in [2.45, 2.75) is 31.4 Å². The van der Waals surface area contributed by atoms with Crippen molar-refractivity contribution >= 4 is 33.0 Å². The van der Waals surface area contributed by atoms with Crippen LogP contribution in [0, 0.1) is 0 Å². The zero-order chi connectivity index (χ0) is 23.3. The SMILES string of the molecule is O=C1NC(Cc2cn(Cc3ccc(C(F)(F)F)cc3C(F)(F)F)c3ccccc23)C(=O)S1. The third-order valence-corrected chi connectivity index (χ3v) is 5.94. The summed E-state index contributed by atoms with van der Waals surface area (Å²) in [5.41, 5.74) is -1.87. The Morgan fingerprint density at radius 1 is 0.938 bits per heavy atom. The summed E-state index contributed by atoms with van der Waals surface area (Å²) in [6.45, 7) is -0.326. The van der Waals surface area contributed by atoms with E-state index < -0.39 is 34.8 Å². The number of fused-ring (bicyclic) bond motifs is 1. The Morgan fingerprint density at radius 2 is 1.66 bits per heavy atom. The molecule has 1 unspecified atom stereocenters. The van der Waals surface area contributed by atoms with Crippen LogP contribution in [0.25, 0.3) is 10.9 Å². The first kappa shape index (κ1) is 22.3. The monoisotopic (exact) mass is 472 g/mol. The van der Waals surface area contributed by atoms with Gasteiger partial charge in [0, 0.05) is 41.8 Å². The molecule has 0 spiro atoms. The van der Waals surface area contributed by atoms with Gasteiger partial charge in [-0.2, -0.15) is 26.3 Å². The second-order valence-electron chi connectivity index (χ2n) is 7.28. The average Bonchev–Trinajstić information content (AvgIpc) is 3.20. The zero-order valence-corrected chi connectivity index (χ0v) is 16.9. The average molecular weight is 472 g/mol. The van der Waals surface area contributed by atoms with E-state index >= 15 is 0 Å². The van der Waals surface area contributed by atoms with E-state index in [2.05, 4.69) is 5.32 Å². The summed E-state index contributed by atoms with van der Waals surface area (Å²) in [4.78, 5) is 23.4. The number of hydrogen-bond acceptors (Lipinski definition) is 3. The van der Waals surface area contributed by atoms with Gasteiger partial charge in [0.15, 0.2) is 0 Å². The number of thioether (sulfide) groups is 1. The molecule has 1 N–H and O–H groups in total. The molecule has 4 rings (SSSR count). The molecule has 32 heavy (non-hydrogen) atoms. The number of nitrogens with one attached hydrogen (secondary N) is 1. The van der Waals surface area contributed by atoms with Gasteiger partial charge in [-0.3, -0.25) is 9.59 Å². The maximum Gasteiger partial charge on any atom is 0.416 e. The van der Waals surface area contributed by atoms with Crippen molar-refractivity contribution in [3.05, 3.63) is 70.9 Å². The number of carbonyl (C=O) groups is 2. The molecule has 1 saturated heterocycles. The minimum absolute atomic E-state index is 0.117. The maximum absolute atomic E-state index is 13.5. The van der Waals surface area contributed by atoms with Gasteiger partial charge in [0.05, 0.1) is 11.1 Å². The van der Waals surface area contributed by atoms with Crippen LogP contribution in [0.3, 0.4) is 0 Å². The van der Waals surface area contributed by atoms with Crippen molar-refractivity contribution in [1.82, 2.24) is 9.88 Å². The van der Waals surface area contributed by atoms with Crippen LogP contribution >= 0.6 is 11.8 Å². The number of alkyl halides is 6. The molecule has 0 radical (unpaired) electrons. The van der Waals surface area contributed by atoms with Crippen LogP contribution in [0.2, 0.25) is 0 Å². The summed E-state index contributed by atoms with van der Waals surface area (Å²) in [5.74, 6) is 0. The number of carbonyl (C=O) groups excluding carboxylic acids is 2. The van der Waals surface area contributed by atoms with E-state index in [0.717, 1.165) is 6.07 Å². The third kappa shape index (κ3) is 4.34. The molecule has 4 nitrogen and oxygen atoms in total. The van der Waals surface area contributed by atoms with E-state index in [1.807, 2.05) is 0 Å². The van der Waals surface area contributed by atoms with Gasteiger partial charge in [0.1, 0.15) is 6.04 Å². The number of para-hydroxylation sites is 1. The lowest BCUT2D eigenvalue weighted by atomic mass is 10.0. The van der Waals surface area contributed by atoms with Crippen LogP contribution in [-0.2, 0) is 30.1 Å². The van der Waals surface area contributed by atoms with Gasteiger partial charge in [-0.25, -0.2) is 0 Å². The second-order valence-corrected chi connectivity index (χ2v) is 8.25. The summed E-state index contributed by atoms with van der Waals surface area (Å²) in [7, 11) is 0. The first-order chi connectivity index (χ1) is 14.9. The fraction of sp³-hybridized carbons (Fsp3) is 0.238. The highest BCUT2D eigenvalue weighted by Gasteiger charge is 2.38. The Hall–Kier alpha value is -2.95. The molecule has 0 aliphatic carbocycles. The Labute approximate surface area is 181 Å². The summed E-state index contributed by atoms with van der Waals surface area (Å²) in [5, 5.41) is 2.39. The largest absolute Gasteiger partial charge is 0.416 e. The van der Waals surface area contributed by atoms with Gasteiger partial charge in [0.25, 0.3) is 5.24 Å². The fourth-order valence-electron chi connectivity index (χ4n) is 3.70. The molecule has 1 aliphatic heterocycles. The highest BCUT2D eigenvalue weighted by molar-refractivity contribution is 8.26. The predicted molar refractivity (Wildman–Crippen MR) is 106 cm³/mol. The normalized spacial score (nSPS) is 17.2. The summed E-state index contributed by atoms with van der Waals surface area (Å²) in [6, 6.07) is 7.61. The summed E-state index contributed by atoms with van der Waals surface area (Å²) < 4.78 is 80.9. The molecule has 1 aliphatic rings. The van der Waals surface area contributed by atoms with Gasteiger partial charge in [-0.1, -0.05) is 24.3 Å². The van der Waals surface area contributed by atoms with Crippen molar-refractivity contribution in [1.29, 1.82) is 0 Å². The number of halogens is 6. The lowest BCUT2D eigenvalue weighted by Gasteiger charge is -2.17. The Bertz CT molecular complexity index is 1220. The molecule has 1 fully saturated rings. The van der Waals surface area contributed by atoms with Gasteiger partial charge in [-0.15, -0.1) is 0 Å². The zero-order valence-electron chi connectivity index (χ0n) is 16.1. The van der Waals surface area contributed by atoms with Crippen LogP contribution < -0.4 is 5.32 Å². The van der Waals surface area contributed by atoms with Crippen molar-refractivity contribution in [2.75, 3.05) is 0 Å². The van der Waals surface area contributed by atoms with Gasteiger partial charge in [0.2, 0.25) is 5.12 Å². The molecule has 3 aromatic rings. The standard InChI is InChI=1S/C21H14F6N2O2S/c22-20(23,24)13-6-5-11(15(8-13)21(25,26)27)9-29-10-12(14-3-1-2-4-17(14)29)7-16-18(30)32-19(31)28-16/h1-6,8,10,16H,7,9H2,(H,28,31). The van der Waals surface area contributed by atoms with Gasteiger partial charge >= 0.3 is 12.4 Å². The third-order valence-electron chi connectivity index (χ3n) is 5.15. The number of amides is 1. The van der Waals surface area contributed by atoms with E-state index in [9.17, 15) is 35.9 Å². The lowest BCUT2D eigenvalue weighted by Crippen LogP contribution is -2.30. The van der Waals surface area contributed by atoms with Crippen LogP contribution in [-0.4, -0.2) is 21.0 Å². The van der Waals surface area contributed by atoms with E-state index in [1.54, 1.807) is 30.5 Å². The van der Waals surface area contributed by atoms with Crippen molar-refractivity contribution < 1.29 is 35.9 Å². The number of aromatic nitrogens is 1. The van der Waals surface area contributed by atoms with Crippen molar-refractivity contribution in [2.24, 2.45) is 0 Å². The molecular weight excluding hydrogens is 458 g/mol.